The molecule has 0 bridgehead atoms. The minimum absolute atomic E-state index is 0.157. The zero-order chi connectivity index (χ0) is 20.0. The zero-order valence-electron chi connectivity index (χ0n) is 14.1. The SMILES string of the molecule is Cc1ccc([N+](=O)[O-])cc1NC(=O)COC(=O)/C=C/c1ccc(Cl)cc1Cl. The molecule has 0 atom stereocenters. The molecule has 140 valence electrons. The van der Waals surface area contributed by atoms with E-state index >= 15 is 0 Å². The highest BCUT2D eigenvalue weighted by atomic mass is 35.5. The number of halogens is 2. The number of benzene rings is 2. The summed E-state index contributed by atoms with van der Waals surface area (Å²) in [6.07, 6.45) is 2.56. The number of amides is 1. The predicted octanol–water partition coefficient (Wildman–Crippen LogP) is 4.41. The van der Waals surface area contributed by atoms with Crippen LogP contribution in [-0.2, 0) is 14.3 Å². The average Bonchev–Trinajstić information content (AvgIpc) is 2.61. The number of nitro benzene ring substituents is 1. The highest BCUT2D eigenvalue weighted by Gasteiger charge is 2.12. The van der Waals surface area contributed by atoms with Gasteiger partial charge in [-0.2, -0.15) is 0 Å². The van der Waals surface area contributed by atoms with Crippen LogP contribution in [0, 0.1) is 17.0 Å². The maximum absolute atomic E-state index is 11.9. The number of nitrogens with zero attached hydrogens (tertiary/aromatic N) is 1. The van der Waals surface area contributed by atoms with E-state index in [9.17, 15) is 19.7 Å². The molecule has 0 saturated heterocycles. The van der Waals surface area contributed by atoms with E-state index < -0.39 is 23.4 Å². The van der Waals surface area contributed by atoms with Crippen LogP contribution in [0.5, 0.6) is 0 Å². The Labute approximate surface area is 164 Å². The van der Waals surface area contributed by atoms with Crippen molar-refractivity contribution in [2.45, 2.75) is 6.92 Å². The van der Waals surface area contributed by atoms with E-state index in [2.05, 4.69) is 5.32 Å². The Morgan fingerprint density at radius 2 is 1.96 bits per heavy atom. The van der Waals surface area contributed by atoms with Crippen molar-refractivity contribution in [2.75, 3.05) is 11.9 Å². The summed E-state index contributed by atoms with van der Waals surface area (Å²) in [5.41, 5.74) is 1.32. The number of non-ortho nitro benzene ring substituents is 1. The Kier molecular flexibility index (Phi) is 6.92. The Balaban J connectivity index is 1.91. The van der Waals surface area contributed by atoms with Crippen molar-refractivity contribution in [3.05, 3.63) is 73.8 Å². The van der Waals surface area contributed by atoms with Crippen molar-refractivity contribution in [2.24, 2.45) is 0 Å². The van der Waals surface area contributed by atoms with Crippen LogP contribution in [0.15, 0.2) is 42.5 Å². The molecular formula is C18H14Cl2N2O5. The summed E-state index contributed by atoms with van der Waals surface area (Å²) in [6, 6.07) is 8.86. The molecule has 0 radical (unpaired) electrons. The molecule has 0 saturated carbocycles. The maximum atomic E-state index is 11.9. The second kappa shape index (κ2) is 9.16. The van der Waals surface area contributed by atoms with Crippen LogP contribution in [0.3, 0.4) is 0 Å². The topological polar surface area (TPSA) is 98.5 Å². The first-order valence-electron chi connectivity index (χ1n) is 7.61. The van der Waals surface area contributed by atoms with E-state index in [0.29, 0.717) is 21.2 Å². The third-order valence-corrected chi connectivity index (χ3v) is 3.98. The lowest BCUT2D eigenvalue weighted by Crippen LogP contribution is -2.20. The van der Waals surface area contributed by atoms with Gasteiger partial charge < -0.3 is 10.1 Å². The number of rotatable bonds is 6. The van der Waals surface area contributed by atoms with E-state index in [0.717, 1.165) is 6.08 Å². The molecule has 2 rings (SSSR count). The smallest absolute Gasteiger partial charge is 0.331 e. The minimum Gasteiger partial charge on any atom is -0.452 e. The van der Waals surface area contributed by atoms with Crippen molar-refractivity contribution in [1.29, 1.82) is 0 Å². The van der Waals surface area contributed by atoms with Gasteiger partial charge in [0.2, 0.25) is 0 Å². The summed E-state index contributed by atoms with van der Waals surface area (Å²) in [5.74, 6) is -1.36. The van der Waals surface area contributed by atoms with Crippen molar-refractivity contribution in [3.8, 4) is 0 Å². The summed E-state index contributed by atoms with van der Waals surface area (Å²) in [6.45, 7) is 1.14. The fourth-order valence-electron chi connectivity index (χ4n) is 2.02. The normalized spacial score (nSPS) is 10.6. The lowest BCUT2D eigenvalue weighted by atomic mass is 10.2. The van der Waals surface area contributed by atoms with Gasteiger partial charge in [-0.25, -0.2) is 4.79 Å². The van der Waals surface area contributed by atoms with E-state index in [1.807, 2.05) is 0 Å². The lowest BCUT2D eigenvalue weighted by Gasteiger charge is -2.08. The number of carbonyl (C=O) groups excluding carboxylic acids is 2. The fourth-order valence-corrected chi connectivity index (χ4v) is 2.50. The first-order chi connectivity index (χ1) is 12.8. The molecule has 2 aromatic rings. The van der Waals surface area contributed by atoms with Gasteiger partial charge >= 0.3 is 5.97 Å². The molecule has 0 aromatic heterocycles. The third-order valence-electron chi connectivity index (χ3n) is 3.41. The summed E-state index contributed by atoms with van der Waals surface area (Å²) >= 11 is 11.8. The quantitative estimate of drug-likeness (QED) is 0.330. The van der Waals surface area contributed by atoms with Crippen molar-refractivity contribution in [3.63, 3.8) is 0 Å². The monoisotopic (exact) mass is 408 g/mol. The number of nitro groups is 1. The van der Waals surface area contributed by atoms with Gasteiger partial charge in [-0.15, -0.1) is 0 Å². The first-order valence-corrected chi connectivity index (χ1v) is 8.36. The van der Waals surface area contributed by atoms with Gasteiger partial charge in [-0.1, -0.05) is 35.3 Å². The number of hydrogen-bond acceptors (Lipinski definition) is 5. The molecule has 0 heterocycles. The van der Waals surface area contributed by atoms with Crippen LogP contribution >= 0.6 is 23.2 Å². The van der Waals surface area contributed by atoms with E-state index in [4.69, 9.17) is 27.9 Å². The van der Waals surface area contributed by atoms with Crippen molar-refractivity contribution < 1.29 is 19.2 Å². The molecule has 2 aromatic carbocycles. The van der Waals surface area contributed by atoms with Crippen LogP contribution in [-0.4, -0.2) is 23.4 Å². The minimum atomic E-state index is -0.744. The molecule has 27 heavy (non-hydrogen) atoms. The van der Waals surface area contributed by atoms with E-state index in [1.54, 1.807) is 19.1 Å². The van der Waals surface area contributed by atoms with Gasteiger partial charge in [-0.05, 0) is 36.3 Å². The van der Waals surface area contributed by atoms with Crippen molar-refractivity contribution >= 4 is 52.5 Å². The van der Waals surface area contributed by atoms with Gasteiger partial charge in [0.05, 0.1) is 10.6 Å². The van der Waals surface area contributed by atoms with Gasteiger partial charge in [0, 0.05) is 28.3 Å². The van der Waals surface area contributed by atoms with Crippen molar-refractivity contribution in [1.82, 2.24) is 0 Å². The molecule has 1 amide bonds. The Morgan fingerprint density at radius 3 is 2.63 bits per heavy atom. The number of carbonyl (C=O) groups is 2. The maximum Gasteiger partial charge on any atom is 0.331 e. The van der Waals surface area contributed by atoms with Gasteiger partial charge in [0.25, 0.3) is 11.6 Å². The number of esters is 1. The molecule has 0 aliphatic carbocycles. The van der Waals surface area contributed by atoms with Crippen LogP contribution in [0.2, 0.25) is 10.0 Å². The molecule has 0 aliphatic heterocycles. The molecule has 0 aliphatic rings. The summed E-state index contributed by atoms with van der Waals surface area (Å²) in [7, 11) is 0. The third kappa shape index (κ3) is 6.09. The molecule has 7 nitrogen and oxygen atoms in total. The molecule has 0 fully saturated rings. The number of ether oxygens (including phenoxy) is 1. The molecular weight excluding hydrogens is 395 g/mol. The summed E-state index contributed by atoms with van der Waals surface area (Å²) in [4.78, 5) is 33.8. The summed E-state index contributed by atoms with van der Waals surface area (Å²) in [5, 5.41) is 14.1. The Bertz CT molecular complexity index is 928. The van der Waals surface area contributed by atoms with Crippen LogP contribution < -0.4 is 5.32 Å². The average molecular weight is 409 g/mol. The second-order valence-corrected chi connectivity index (χ2v) is 6.26. The van der Waals surface area contributed by atoms with Gasteiger partial charge in [-0.3, -0.25) is 14.9 Å². The van der Waals surface area contributed by atoms with E-state index in [-0.39, 0.29) is 11.4 Å². The molecule has 0 unspecified atom stereocenters. The van der Waals surface area contributed by atoms with Crippen LogP contribution in [0.4, 0.5) is 11.4 Å². The number of nitrogens with one attached hydrogen (secondary N) is 1. The summed E-state index contributed by atoms with van der Waals surface area (Å²) < 4.78 is 4.84. The highest BCUT2D eigenvalue weighted by Crippen LogP contribution is 2.22. The highest BCUT2D eigenvalue weighted by molar-refractivity contribution is 6.35. The predicted molar refractivity (Wildman–Crippen MR) is 103 cm³/mol. The standard InChI is InChI=1S/C18H14Cl2N2O5/c1-11-2-6-14(22(25)26)9-16(11)21-17(23)10-27-18(24)7-4-12-3-5-13(19)8-15(12)20/h2-9H,10H2,1H3,(H,21,23)/b7-4+. The van der Waals surface area contributed by atoms with Gasteiger partial charge in [0.1, 0.15) is 0 Å². The second-order valence-electron chi connectivity index (χ2n) is 5.41. The number of aryl methyl sites for hydroxylation is 1. The number of hydrogen-bond donors (Lipinski definition) is 1. The van der Waals surface area contributed by atoms with E-state index in [1.165, 1.54) is 30.3 Å². The molecule has 0 spiro atoms. The zero-order valence-corrected chi connectivity index (χ0v) is 15.6. The number of anilines is 1. The molecule has 9 heteroatoms. The Morgan fingerprint density at radius 1 is 1.22 bits per heavy atom. The molecule has 1 N–H and O–H groups in total. The lowest BCUT2D eigenvalue weighted by molar-refractivity contribution is -0.384. The van der Waals surface area contributed by atoms with Crippen LogP contribution in [0.1, 0.15) is 11.1 Å². The Hall–Kier alpha value is -2.90. The first kappa shape index (κ1) is 20.4. The van der Waals surface area contributed by atoms with Gasteiger partial charge in [0.15, 0.2) is 6.61 Å². The van der Waals surface area contributed by atoms with Crippen LogP contribution in [0.25, 0.3) is 6.08 Å². The largest absolute Gasteiger partial charge is 0.452 e. The fraction of sp³-hybridized carbons (Fsp3) is 0.111.